The molecule has 2 aliphatic rings. The Balaban J connectivity index is 1.14. The number of carbonyl (C=O) groups excluding carboxylic acids is 2. The van der Waals surface area contributed by atoms with Gasteiger partial charge in [-0.05, 0) is 56.0 Å². The average Bonchev–Trinajstić information content (AvgIpc) is 3.33. The van der Waals surface area contributed by atoms with Gasteiger partial charge in [0, 0.05) is 37.5 Å². The Labute approximate surface area is 203 Å². The number of nitrogens with zero attached hydrogens (tertiary/aromatic N) is 3. The van der Waals surface area contributed by atoms with E-state index in [9.17, 15) is 9.59 Å². The Kier molecular flexibility index (Phi) is 6.34. The van der Waals surface area contributed by atoms with Crippen LogP contribution in [-0.4, -0.2) is 57.9 Å². The lowest BCUT2D eigenvalue weighted by atomic mass is 10.00. The van der Waals surface area contributed by atoms with Crippen LogP contribution < -0.4 is 15.2 Å². The van der Waals surface area contributed by atoms with E-state index in [1.54, 1.807) is 42.1 Å². The molecule has 9 heteroatoms. The van der Waals surface area contributed by atoms with Crippen molar-refractivity contribution >= 4 is 22.7 Å². The van der Waals surface area contributed by atoms with Gasteiger partial charge in [0.1, 0.15) is 23.9 Å². The minimum Gasteiger partial charge on any atom is -0.491 e. The fourth-order valence-corrected chi connectivity index (χ4v) is 5.34. The first-order valence-corrected chi connectivity index (χ1v) is 12.0. The quantitative estimate of drug-likeness (QED) is 0.497. The maximum absolute atomic E-state index is 11.9. The van der Waals surface area contributed by atoms with Crippen molar-refractivity contribution in [3.05, 3.63) is 48.2 Å². The minimum absolute atomic E-state index is 0.176. The largest absolute Gasteiger partial charge is 0.491 e. The van der Waals surface area contributed by atoms with E-state index in [1.807, 2.05) is 24.1 Å². The number of hydrogen-bond donors (Lipinski definition) is 1. The number of fused-ring (bicyclic) bond motifs is 3. The van der Waals surface area contributed by atoms with E-state index < -0.39 is 5.91 Å². The molecule has 0 radical (unpaired) electrons. The maximum Gasteiger partial charge on any atom is 0.252 e. The van der Waals surface area contributed by atoms with E-state index >= 15 is 0 Å². The molecule has 1 unspecified atom stereocenters. The van der Waals surface area contributed by atoms with E-state index in [-0.39, 0.29) is 12.0 Å². The van der Waals surface area contributed by atoms with Crippen molar-refractivity contribution in [3.63, 3.8) is 0 Å². The van der Waals surface area contributed by atoms with Gasteiger partial charge in [0.2, 0.25) is 5.91 Å². The first-order chi connectivity index (χ1) is 16.9. The predicted octanol–water partition coefficient (Wildman–Crippen LogP) is 3.40. The van der Waals surface area contributed by atoms with Crippen molar-refractivity contribution in [1.29, 1.82) is 0 Å². The van der Waals surface area contributed by atoms with Crippen molar-refractivity contribution in [1.82, 2.24) is 14.7 Å². The summed E-state index contributed by atoms with van der Waals surface area (Å²) in [6.07, 6.45) is 5.82. The molecule has 35 heavy (non-hydrogen) atoms. The Morgan fingerprint density at radius 1 is 1.06 bits per heavy atom. The number of carbonyl (C=O) groups is 2. The molecule has 2 bridgehead atoms. The molecule has 3 atom stereocenters. The fraction of sp³-hybridized carbons (Fsp3) is 0.423. The molecule has 3 heterocycles. The Morgan fingerprint density at radius 3 is 2.40 bits per heavy atom. The zero-order chi connectivity index (χ0) is 24.5. The van der Waals surface area contributed by atoms with E-state index in [2.05, 4.69) is 5.10 Å². The zero-order valence-corrected chi connectivity index (χ0v) is 20.0. The van der Waals surface area contributed by atoms with E-state index in [0.29, 0.717) is 48.1 Å². The van der Waals surface area contributed by atoms with Crippen LogP contribution in [0.5, 0.6) is 17.2 Å². The van der Waals surface area contributed by atoms with Crippen molar-refractivity contribution in [2.24, 2.45) is 12.8 Å². The molecule has 1 aromatic heterocycles. The summed E-state index contributed by atoms with van der Waals surface area (Å²) in [5.41, 5.74) is 6.69. The number of aromatic nitrogens is 2. The fourth-order valence-electron chi connectivity index (χ4n) is 5.34. The van der Waals surface area contributed by atoms with Gasteiger partial charge in [-0.15, -0.1) is 0 Å². The maximum atomic E-state index is 11.9. The third-order valence-corrected chi connectivity index (χ3v) is 6.92. The number of primary amides is 1. The number of benzene rings is 2. The summed E-state index contributed by atoms with van der Waals surface area (Å²) < 4.78 is 19.6. The zero-order valence-electron chi connectivity index (χ0n) is 20.0. The summed E-state index contributed by atoms with van der Waals surface area (Å²) in [6.45, 7) is 2.59. The highest BCUT2D eigenvalue weighted by atomic mass is 16.5. The van der Waals surface area contributed by atoms with Gasteiger partial charge in [-0.2, -0.15) is 5.10 Å². The second kappa shape index (κ2) is 9.58. The first-order valence-electron chi connectivity index (χ1n) is 12.0. The molecular weight excluding hydrogens is 448 g/mol. The third-order valence-electron chi connectivity index (χ3n) is 6.92. The van der Waals surface area contributed by atoms with Crippen LogP contribution in [0.4, 0.5) is 0 Å². The molecule has 2 amide bonds. The number of nitrogens with two attached hydrogens (primary N) is 1. The van der Waals surface area contributed by atoms with Gasteiger partial charge in [0.05, 0.1) is 30.0 Å². The highest BCUT2D eigenvalue weighted by Crippen LogP contribution is 2.37. The third kappa shape index (κ3) is 4.81. The number of rotatable bonds is 8. The number of ether oxygens (including phenoxy) is 3. The van der Waals surface area contributed by atoms with Gasteiger partial charge in [-0.3, -0.25) is 14.3 Å². The lowest BCUT2D eigenvalue weighted by Crippen LogP contribution is -2.47. The van der Waals surface area contributed by atoms with Gasteiger partial charge in [0.25, 0.3) is 5.91 Å². The number of piperidine rings is 1. The van der Waals surface area contributed by atoms with Gasteiger partial charge < -0.3 is 24.8 Å². The van der Waals surface area contributed by atoms with Crippen molar-refractivity contribution < 1.29 is 23.8 Å². The Bertz CT molecular complexity index is 1220. The van der Waals surface area contributed by atoms with Crippen LogP contribution in [0, 0.1) is 0 Å². The lowest BCUT2D eigenvalue weighted by Gasteiger charge is -2.38. The second-order valence-corrected chi connectivity index (χ2v) is 9.24. The van der Waals surface area contributed by atoms with E-state index in [4.69, 9.17) is 19.9 Å². The SMILES string of the molecule is CC(=O)N1[C@@H]2CC[C@H]1CC(OCCOc1ccc(Oc3cc4c(cnn4C)cc3C(N)=O)cc1)C2. The molecule has 2 aromatic carbocycles. The van der Waals surface area contributed by atoms with Crippen molar-refractivity contribution in [3.8, 4) is 17.2 Å². The smallest absolute Gasteiger partial charge is 0.252 e. The predicted molar refractivity (Wildman–Crippen MR) is 130 cm³/mol. The van der Waals surface area contributed by atoms with Gasteiger partial charge in [-0.25, -0.2) is 0 Å². The van der Waals surface area contributed by atoms with E-state index in [0.717, 1.165) is 36.6 Å². The topological polar surface area (TPSA) is 109 Å². The van der Waals surface area contributed by atoms with Crippen LogP contribution >= 0.6 is 0 Å². The molecule has 2 N–H and O–H groups in total. The van der Waals surface area contributed by atoms with Gasteiger partial charge >= 0.3 is 0 Å². The molecule has 2 saturated heterocycles. The molecule has 0 aliphatic carbocycles. The standard InChI is InChI=1S/C26H30N4O5/c1-16(31)30-18-3-4-19(30)13-22(12-18)34-10-9-33-20-5-7-21(8-6-20)35-25-14-24-17(15-28-29(24)2)11-23(25)26(27)32/h5-8,11,14-15,18-19,22H,3-4,9-10,12-13H2,1-2H3,(H2,27,32)/t18-,19+,22?. The molecule has 2 fully saturated rings. The lowest BCUT2D eigenvalue weighted by molar-refractivity contribution is -0.136. The monoisotopic (exact) mass is 478 g/mol. The molecule has 9 nitrogen and oxygen atoms in total. The van der Waals surface area contributed by atoms with E-state index in [1.165, 1.54) is 0 Å². The highest BCUT2D eigenvalue weighted by molar-refractivity contribution is 6.00. The number of hydrogen-bond acceptors (Lipinski definition) is 6. The van der Waals surface area contributed by atoms with Crippen LogP contribution in [0.2, 0.25) is 0 Å². The van der Waals surface area contributed by atoms with Crippen molar-refractivity contribution in [2.75, 3.05) is 13.2 Å². The summed E-state index contributed by atoms with van der Waals surface area (Å²) >= 11 is 0. The summed E-state index contributed by atoms with van der Waals surface area (Å²) in [6, 6.07) is 11.3. The summed E-state index contributed by atoms with van der Waals surface area (Å²) in [5, 5.41) is 5.02. The Morgan fingerprint density at radius 2 is 1.74 bits per heavy atom. The number of amides is 2. The normalized spacial score (nSPS) is 21.3. The van der Waals surface area contributed by atoms with Crippen LogP contribution in [0.3, 0.4) is 0 Å². The van der Waals surface area contributed by atoms with Crippen LogP contribution in [-0.2, 0) is 16.6 Å². The molecule has 0 saturated carbocycles. The molecule has 5 rings (SSSR count). The first kappa shape index (κ1) is 23.2. The molecule has 184 valence electrons. The summed E-state index contributed by atoms with van der Waals surface area (Å²) in [5.74, 6) is 1.25. The molecule has 2 aliphatic heterocycles. The summed E-state index contributed by atoms with van der Waals surface area (Å²) in [4.78, 5) is 25.8. The van der Waals surface area contributed by atoms with Crippen LogP contribution in [0.25, 0.3) is 10.9 Å². The molecule has 3 aromatic rings. The average molecular weight is 479 g/mol. The van der Waals surface area contributed by atoms with Crippen LogP contribution in [0.1, 0.15) is 43.0 Å². The van der Waals surface area contributed by atoms with Gasteiger partial charge in [-0.1, -0.05) is 0 Å². The number of aryl methyl sites for hydroxylation is 1. The van der Waals surface area contributed by atoms with Crippen LogP contribution in [0.15, 0.2) is 42.6 Å². The second-order valence-electron chi connectivity index (χ2n) is 9.24. The van der Waals surface area contributed by atoms with Gasteiger partial charge in [0.15, 0.2) is 0 Å². The summed E-state index contributed by atoms with van der Waals surface area (Å²) in [7, 11) is 1.82. The molecule has 0 spiro atoms. The Hall–Kier alpha value is -3.59. The highest BCUT2D eigenvalue weighted by Gasteiger charge is 2.42. The minimum atomic E-state index is -0.564. The molecular formula is C26H30N4O5. The van der Waals surface area contributed by atoms with Crippen molar-refractivity contribution in [2.45, 2.75) is 50.8 Å².